The fraction of sp³-hybridized carbons (Fsp3) is 0.619. The molecule has 3 atom stereocenters. The lowest BCUT2D eigenvalue weighted by atomic mass is 9.82. The summed E-state index contributed by atoms with van der Waals surface area (Å²) in [6, 6.07) is 1.75. The molecule has 2 aromatic rings. The molecular weight excluding hydrogens is 362 g/mol. The number of nitrogens with zero attached hydrogens (tertiary/aromatic N) is 2. The number of hydrogen-bond donors (Lipinski definition) is 1. The maximum Gasteiger partial charge on any atom is 0.253 e. The van der Waals surface area contributed by atoms with E-state index < -0.39 is 0 Å². The number of fused-ring (bicyclic) bond motifs is 1. The Labute approximate surface area is 165 Å². The van der Waals surface area contributed by atoms with Crippen molar-refractivity contribution < 1.29 is 9.53 Å². The summed E-state index contributed by atoms with van der Waals surface area (Å²) in [5, 5.41) is 4.46. The largest absolute Gasteiger partial charge is 0.376 e. The fourth-order valence-corrected chi connectivity index (χ4v) is 4.82. The normalized spacial score (nSPS) is 25.8. The highest BCUT2D eigenvalue weighted by Gasteiger charge is 2.24. The lowest BCUT2D eigenvalue weighted by molar-refractivity contribution is 0.0935. The van der Waals surface area contributed by atoms with E-state index in [4.69, 9.17) is 16.3 Å². The van der Waals surface area contributed by atoms with Gasteiger partial charge in [-0.3, -0.25) is 4.79 Å². The van der Waals surface area contributed by atoms with Crippen molar-refractivity contribution in [2.45, 2.75) is 58.1 Å². The number of rotatable bonds is 5. The Morgan fingerprint density at radius 2 is 2.26 bits per heavy atom. The first kappa shape index (κ1) is 18.8. The van der Waals surface area contributed by atoms with Gasteiger partial charge in [0.05, 0.1) is 28.6 Å². The average Bonchev–Trinajstić information content (AvgIpc) is 3.29. The fourth-order valence-electron chi connectivity index (χ4n) is 4.57. The van der Waals surface area contributed by atoms with Gasteiger partial charge in [-0.1, -0.05) is 31.4 Å². The smallest absolute Gasteiger partial charge is 0.253 e. The maximum atomic E-state index is 12.9. The van der Waals surface area contributed by atoms with Crippen LogP contribution in [0.25, 0.3) is 11.0 Å². The third-order valence-corrected chi connectivity index (χ3v) is 6.29. The zero-order valence-electron chi connectivity index (χ0n) is 15.9. The molecule has 2 fully saturated rings. The van der Waals surface area contributed by atoms with Gasteiger partial charge in [0.25, 0.3) is 5.91 Å². The van der Waals surface area contributed by atoms with Gasteiger partial charge in [-0.2, -0.15) is 0 Å². The Morgan fingerprint density at radius 3 is 3.04 bits per heavy atom. The Morgan fingerprint density at radius 1 is 1.37 bits per heavy atom. The van der Waals surface area contributed by atoms with Crippen LogP contribution in [0.3, 0.4) is 0 Å². The molecule has 0 spiro atoms. The van der Waals surface area contributed by atoms with Gasteiger partial charge in [0, 0.05) is 25.5 Å². The zero-order chi connectivity index (χ0) is 18.8. The molecular formula is C21H28ClN3O2. The van der Waals surface area contributed by atoms with E-state index in [1.807, 2.05) is 10.8 Å². The van der Waals surface area contributed by atoms with Crippen molar-refractivity contribution in [2.75, 3.05) is 13.2 Å². The second-order valence-electron chi connectivity index (χ2n) is 8.17. The molecule has 1 N–H and O–H groups in total. The predicted molar refractivity (Wildman–Crippen MR) is 107 cm³/mol. The molecule has 4 rings (SSSR count). The van der Waals surface area contributed by atoms with Gasteiger partial charge in [-0.15, -0.1) is 0 Å². The molecule has 0 aromatic carbocycles. The molecule has 5 nitrogen and oxygen atoms in total. The summed E-state index contributed by atoms with van der Waals surface area (Å²) in [4.78, 5) is 17.4. The van der Waals surface area contributed by atoms with Crippen LogP contribution in [0, 0.1) is 11.8 Å². The van der Waals surface area contributed by atoms with Crippen LogP contribution in [0.2, 0.25) is 5.02 Å². The summed E-state index contributed by atoms with van der Waals surface area (Å²) in [6.45, 7) is 4.56. The molecule has 146 valence electrons. The number of carbonyl (C=O) groups excluding carboxylic acids is 1. The molecule has 3 heterocycles. The summed E-state index contributed by atoms with van der Waals surface area (Å²) in [5.74, 6) is 1.28. The first-order valence-electron chi connectivity index (χ1n) is 10.1. The molecule has 2 aromatic heterocycles. The Balaban J connectivity index is 1.53. The second kappa shape index (κ2) is 8.19. The van der Waals surface area contributed by atoms with Crippen LogP contribution >= 0.6 is 11.6 Å². The van der Waals surface area contributed by atoms with Crippen LogP contribution in [-0.2, 0) is 11.3 Å². The van der Waals surface area contributed by atoms with Crippen molar-refractivity contribution in [1.29, 1.82) is 0 Å². The highest BCUT2D eigenvalue weighted by atomic mass is 35.5. The van der Waals surface area contributed by atoms with Gasteiger partial charge in [-0.25, -0.2) is 4.98 Å². The molecule has 2 aliphatic rings. The van der Waals surface area contributed by atoms with Crippen LogP contribution in [0.15, 0.2) is 18.5 Å². The molecule has 1 amide bonds. The number of ether oxygens (including phenoxy) is 1. The van der Waals surface area contributed by atoms with Crippen LogP contribution in [-0.4, -0.2) is 34.7 Å². The van der Waals surface area contributed by atoms with E-state index in [1.54, 1.807) is 12.3 Å². The number of nitrogens with one attached hydrogen (secondary N) is 1. The predicted octanol–water partition coefficient (Wildman–Crippen LogP) is 4.42. The molecule has 1 aliphatic heterocycles. The van der Waals surface area contributed by atoms with Crippen molar-refractivity contribution in [2.24, 2.45) is 11.8 Å². The first-order valence-corrected chi connectivity index (χ1v) is 10.5. The van der Waals surface area contributed by atoms with E-state index in [2.05, 4.69) is 17.2 Å². The van der Waals surface area contributed by atoms with Gasteiger partial charge >= 0.3 is 0 Å². The van der Waals surface area contributed by atoms with Gasteiger partial charge in [0.15, 0.2) is 0 Å². The van der Waals surface area contributed by atoms with Crippen LogP contribution < -0.4 is 5.32 Å². The van der Waals surface area contributed by atoms with Crippen LogP contribution in [0.5, 0.6) is 0 Å². The highest BCUT2D eigenvalue weighted by Crippen LogP contribution is 2.30. The Bertz CT molecular complexity index is 813. The minimum atomic E-state index is -0.0563. The lowest BCUT2D eigenvalue weighted by Gasteiger charge is -2.26. The number of hydrogen-bond acceptors (Lipinski definition) is 3. The van der Waals surface area contributed by atoms with Crippen molar-refractivity contribution >= 4 is 28.5 Å². The van der Waals surface area contributed by atoms with Crippen LogP contribution in [0.4, 0.5) is 0 Å². The quantitative estimate of drug-likeness (QED) is 0.823. The second-order valence-corrected chi connectivity index (χ2v) is 8.58. The van der Waals surface area contributed by atoms with E-state index in [1.165, 1.54) is 25.7 Å². The zero-order valence-corrected chi connectivity index (χ0v) is 16.7. The molecule has 0 radical (unpaired) electrons. The first-order chi connectivity index (χ1) is 13.1. The van der Waals surface area contributed by atoms with Crippen molar-refractivity contribution in [1.82, 2.24) is 14.9 Å². The Hall–Kier alpha value is -1.59. The molecule has 1 saturated heterocycles. The number of carbonyl (C=O) groups is 1. The minimum Gasteiger partial charge on any atom is -0.376 e. The third-order valence-electron chi connectivity index (χ3n) is 5.97. The van der Waals surface area contributed by atoms with E-state index in [9.17, 15) is 4.79 Å². The maximum absolute atomic E-state index is 12.9. The number of amides is 1. The van der Waals surface area contributed by atoms with E-state index in [-0.39, 0.29) is 12.0 Å². The summed E-state index contributed by atoms with van der Waals surface area (Å²) in [5.41, 5.74) is 1.37. The summed E-state index contributed by atoms with van der Waals surface area (Å²) in [6.07, 6.45) is 10.9. The lowest BCUT2D eigenvalue weighted by Crippen LogP contribution is -2.31. The topological polar surface area (TPSA) is 56.2 Å². The number of halogens is 1. The van der Waals surface area contributed by atoms with Gasteiger partial charge in [0.1, 0.15) is 5.65 Å². The monoisotopic (exact) mass is 389 g/mol. The van der Waals surface area contributed by atoms with Crippen molar-refractivity contribution in [3.63, 3.8) is 0 Å². The standard InChI is InChI=1S/C21H28ClN3O2/c1-14-4-2-5-15(10-14)11-24-21(26)17-13-25(12-16-6-3-9-27-16)20-19(17)18(22)7-8-23-20/h7-8,13-16H,2-6,9-12H2,1H3,(H,24,26). The minimum absolute atomic E-state index is 0.0563. The van der Waals surface area contributed by atoms with Gasteiger partial charge in [0.2, 0.25) is 0 Å². The van der Waals surface area contributed by atoms with Crippen molar-refractivity contribution in [3.8, 4) is 0 Å². The van der Waals surface area contributed by atoms with Crippen LogP contribution in [0.1, 0.15) is 55.8 Å². The summed E-state index contributed by atoms with van der Waals surface area (Å²) in [7, 11) is 0. The van der Waals surface area contributed by atoms with E-state index >= 15 is 0 Å². The van der Waals surface area contributed by atoms with E-state index in [0.717, 1.165) is 42.9 Å². The third kappa shape index (κ3) is 4.14. The number of aromatic nitrogens is 2. The summed E-state index contributed by atoms with van der Waals surface area (Å²) >= 11 is 6.44. The van der Waals surface area contributed by atoms with Crippen molar-refractivity contribution in [3.05, 3.63) is 29.0 Å². The molecule has 3 unspecified atom stereocenters. The van der Waals surface area contributed by atoms with Gasteiger partial charge in [-0.05, 0) is 43.6 Å². The Kier molecular flexibility index (Phi) is 5.69. The molecule has 0 bridgehead atoms. The SMILES string of the molecule is CC1CCCC(CNC(=O)c2cn(CC3CCCO3)c3nccc(Cl)c23)C1. The summed E-state index contributed by atoms with van der Waals surface area (Å²) < 4.78 is 7.78. The molecule has 1 saturated carbocycles. The number of pyridine rings is 1. The van der Waals surface area contributed by atoms with E-state index in [0.29, 0.717) is 23.0 Å². The average molecular weight is 390 g/mol. The molecule has 6 heteroatoms. The molecule has 1 aliphatic carbocycles. The van der Waals surface area contributed by atoms with Gasteiger partial charge < -0.3 is 14.6 Å². The highest BCUT2D eigenvalue weighted by molar-refractivity contribution is 6.36. The molecule has 27 heavy (non-hydrogen) atoms.